The summed E-state index contributed by atoms with van der Waals surface area (Å²) in [5.74, 6) is 0.768. The summed E-state index contributed by atoms with van der Waals surface area (Å²) < 4.78 is 23.3. The topological polar surface area (TPSA) is 46.2 Å². The molecular formula is C15H25NO2S. The lowest BCUT2D eigenvalue weighted by atomic mass is 9.95. The van der Waals surface area contributed by atoms with Gasteiger partial charge in [0.25, 0.3) is 0 Å². The third-order valence-electron chi connectivity index (χ3n) is 3.41. The van der Waals surface area contributed by atoms with Crippen LogP contribution in [0.4, 0.5) is 0 Å². The third kappa shape index (κ3) is 5.74. The van der Waals surface area contributed by atoms with Crippen LogP contribution in [0.5, 0.6) is 0 Å². The second kappa shape index (κ2) is 7.65. The molecule has 0 spiro atoms. The van der Waals surface area contributed by atoms with Crippen LogP contribution in [-0.4, -0.2) is 33.0 Å². The lowest BCUT2D eigenvalue weighted by Gasteiger charge is -2.18. The van der Waals surface area contributed by atoms with Crippen molar-refractivity contribution in [2.24, 2.45) is 0 Å². The zero-order valence-corrected chi connectivity index (χ0v) is 13.0. The Morgan fingerprint density at radius 2 is 1.79 bits per heavy atom. The van der Waals surface area contributed by atoms with E-state index < -0.39 is 9.84 Å². The van der Waals surface area contributed by atoms with E-state index in [1.165, 1.54) is 11.1 Å². The number of rotatable bonds is 8. The van der Waals surface area contributed by atoms with E-state index in [9.17, 15) is 8.42 Å². The fourth-order valence-electron chi connectivity index (χ4n) is 2.01. The van der Waals surface area contributed by atoms with Gasteiger partial charge in [-0.2, -0.15) is 0 Å². The normalized spacial score (nSPS) is 13.4. The maximum Gasteiger partial charge on any atom is 0.150 e. The summed E-state index contributed by atoms with van der Waals surface area (Å²) in [6, 6.07) is 8.39. The molecule has 1 aromatic carbocycles. The molecule has 0 aliphatic heterocycles. The highest BCUT2D eigenvalue weighted by molar-refractivity contribution is 7.91. The zero-order valence-electron chi connectivity index (χ0n) is 12.1. The molecule has 108 valence electrons. The fraction of sp³-hybridized carbons (Fsp3) is 0.600. The monoisotopic (exact) mass is 283 g/mol. The van der Waals surface area contributed by atoms with Crippen LogP contribution in [0.15, 0.2) is 24.3 Å². The van der Waals surface area contributed by atoms with Gasteiger partial charge in [-0.15, -0.1) is 0 Å². The molecule has 1 aromatic rings. The number of benzene rings is 1. The molecule has 0 bridgehead atoms. The number of hydrogen-bond acceptors (Lipinski definition) is 3. The molecule has 3 nitrogen and oxygen atoms in total. The van der Waals surface area contributed by atoms with Gasteiger partial charge in [0.1, 0.15) is 9.84 Å². The van der Waals surface area contributed by atoms with Crippen molar-refractivity contribution in [3.8, 4) is 0 Å². The molecule has 0 fully saturated rings. The van der Waals surface area contributed by atoms with E-state index in [0.717, 1.165) is 13.1 Å². The number of nitrogens with one attached hydrogen (secondary N) is 1. The molecule has 1 atom stereocenters. The van der Waals surface area contributed by atoms with Crippen LogP contribution in [0.1, 0.15) is 37.3 Å². The van der Waals surface area contributed by atoms with E-state index in [0.29, 0.717) is 6.42 Å². The quantitative estimate of drug-likeness (QED) is 0.797. The summed E-state index contributed by atoms with van der Waals surface area (Å²) in [7, 11) is -2.88. The first-order valence-corrected chi connectivity index (χ1v) is 8.78. The summed E-state index contributed by atoms with van der Waals surface area (Å²) >= 11 is 0. The first-order valence-electron chi connectivity index (χ1n) is 6.96. The third-order valence-corrected chi connectivity index (χ3v) is 5.14. The second-order valence-corrected chi connectivity index (χ2v) is 7.41. The number of likely N-dealkylation sites (N-methyl/N-ethyl adjacent to an activating group) is 1. The van der Waals surface area contributed by atoms with Gasteiger partial charge in [-0.05, 0) is 31.4 Å². The van der Waals surface area contributed by atoms with Crippen molar-refractivity contribution in [1.82, 2.24) is 5.32 Å². The van der Waals surface area contributed by atoms with Gasteiger partial charge in [0, 0.05) is 12.3 Å². The summed E-state index contributed by atoms with van der Waals surface area (Å²) in [6.45, 7) is 7.57. The van der Waals surface area contributed by atoms with Gasteiger partial charge < -0.3 is 5.32 Å². The Morgan fingerprint density at radius 1 is 1.16 bits per heavy atom. The van der Waals surface area contributed by atoms with Crippen LogP contribution in [0.25, 0.3) is 0 Å². The second-order valence-electron chi connectivity index (χ2n) is 4.94. The van der Waals surface area contributed by atoms with E-state index in [1.54, 1.807) is 6.92 Å². The first-order chi connectivity index (χ1) is 8.98. The van der Waals surface area contributed by atoms with Crippen molar-refractivity contribution in [1.29, 1.82) is 0 Å². The molecule has 19 heavy (non-hydrogen) atoms. The SMILES string of the molecule is CCNCC(CCS(=O)(=O)CC)c1ccc(C)cc1. The number of aryl methyl sites for hydroxylation is 1. The Hall–Kier alpha value is -0.870. The van der Waals surface area contributed by atoms with E-state index in [1.807, 2.05) is 0 Å². The van der Waals surface area contributed by atoms with E-state index >= 15 is 0 Å². The Kier molecular flexibility index (Phi) is 6.52. The maximum absolute atomic E-state index is 11.6. The molecule has 0 saturated carbocycles. The summed E-state index contributed by atoms with van der Waals surface area (Å²) in [5.41, 5.74) is 2.45. The van der Waals surface area contributed by atoms with Gasteiger partial charge in [0.2, 0.25) is 0 Å². The largest absolute Gasteiger partial charge is 0.316 e. The Morgan fingerprint density at radius 3 is 2.32 bits per heavy atom. The maximum atomic E-state index is 11.6. The van der Waals surface area contributed by atoms with Crippen molar-refractivity contribution in [2.45, 2.75) is 33.1 Å². The average Bonchev–Trinajstić information content (AvgIpc) is 2.40. The standard InChI is InChI=1S/C15H25NO2S/c1-4-16-12-15(10-11-19(17,18)5-2)14-8-6-13(3)7-9-14/h6-9,15-16H,4-5,10-12H2,1-3H3. The fourth-order valence-corrected chi connectivity index (χ4v) is 2.94. The summed E-state index contributed by atoms with van der Waals surface area (Å²) in [5, 5.41) is 3.32. The van der Waals surface area contributed by atoms with Crippen molar-refractivity contribution >= 4 is 9.84 Å². The highest BCUT2D eigenvalue weighted by Crippen LogP contribution is 2.20. The molecule has 0 aromatic heterocycles. The van der Waals surface area contributed by atoms with E-state index in [2.05, 4.69) is 43.4 Å². The van der Waals surface area contributed by atoms with Crippen LogP contribution >= 0.6 is 0 Å². The number of hydrogen-bond donors (Lipinski definition) is 1. The molecule has 1 rings (SSSR count). The molecule has 0 aliphatic rings. The predicted molar refractivity (Wildman–Crippen MR) is 81.4 cm³/mol. The number of sulfone groups is 1. The lowest BCUT2D eigenvalue weighted by molar-refractivity contribution is 0.564. The van der Waals surface area contributed by atoms with Crippen molar-refractivity contribution in [3.05, 3.63) is 35.4 Å². The van der Waals surface area contributed by atoms with Crippen LogP contribution in [0.2, 0.25) is 0 Å². The Labute approximate surface area is 117 Å². The van der Waals surface area contributed by atoms with Gasteiger partial charge >= 0.3 is 0 Å². The van der Waals surface area contributed by atoms with Gasteiger partial charge in [0.05, 0.1) is 5.75 Å². The average molecular weight is 283 g/mol. The molecule has 0 amide bonds. The molecule has 1 unspecified atom stereocenters. The van der Waals surface area contributed by atoms with E-state index in [4.69, 9.17) is 0 Å². The Balaban J connectivity index is 2.74. The minimum absolute atomic E-state index is 0.231. The van der Waals surface area contributed by atoms with E-state index in [-0.39, 0.29) is 17.4 Å². The van der Waals surface area contributed by atoms with Crippen molar-refractivity contribution in [2.75, 3.05) is 24.6 Å². The smallest absolute Gasteiger partial charge is 0.150 e. The molecule has 4 heteroatoms. The van der Waals surface area contributed by atoms with Crippen LogP contribution in [-0.2, 0) is 9.84 Å². The Bertz CT molecular complexity index is 465. The van der Waals surface area contributed by atoms with Crippen LogP contribution in [0, 0.1) is 6.92 Å². The molecule has 0 radical (unpaired) electrons. The predicted octanol–water partition coefficient (Wildman–Crippen LogP) is 2.51. The summed E-state index contributed by atoms with van der Waals surface area (Å²) in [6.07, 6.45) is 0.687. The zero-order chi connectivity index (χ0) is 14.3. The molecular weight excluding hydrogens is 258 g/mol. The van der Waals surface area contributed by atoms with Crippen molar-refractivity contribution in [3.63, 3.8) is 0 Å². The molecule has 1 N–H and O–H groups in total. The highest BCUT2D eigenvalue weighted by atomic mass is 32.2. The van der Waals surface area contributed by atoms with Gasteiger partial charge in [-0.3, -0.25) is 0 Å². The lowest BCUT2D eigenvalue weighted by Crippen LogP contribution is -2.23. The highest BCUT2D eigenvalue weighted by Gasteiger charge is 2.15. The van der Waals surface area contributed by atoms with Crippen molar-refractivity contribution < 1.29 is 8.42 Å². The van der Waals surface area contributed by atoms with Crippen LogP contribution in [0.3, 0.4) is 0 Å². The summed E-state index contributed by atoms with van der Waals surface area (Å²) in [4.78, 5) is 0. The van der Waals surface area contributed by atoms with Crippen LogP contribution < -0.4 is 5.32 Å². The first kappa shape index (κ1) is 16.2. The van der Waals surface area contributed by atoms with Gasteiger partial charge in [0.15, 0.2) is 0 Å². The van der Waals surface area contributed by atoms with Gasteiger partial charge in [-0.1, -0.05) is 43.7 Å². The minimum atomic E-state index is -2.88. The molecule has 0 aliphatic carbocycles. The van der Waals surface area contributed by atoms with Gasteiger partial charge in [-0.25, -0.2) is 8.42 Å². The minimum Gasteiger partial charge on any atom is -0.316 e. The molecule has 0 heterocycles. The molecule has 0 saturated heterocycles.